The number of hydrogen-bond donors (Lipinski definition) is 1. The quantitative estimate of drug-likeness (QED) is 0.232. The summed E-state index contributed by atoms with van der Waals surface area (Å²) in [7, 11) is 0. The second kappa shape index (κ2) is 12.4. The van der Waals surface area contributed by atoms with Crippen LogP contribution >= 0.6 is 11.3 Å². The average molecular weight is 596 g/mol. The Bertz CT molecular complexity index is 1560. The fourth-order valence-corrected chi connectivity index (χ4v) is 4.90. The Morgan fingerprint density at radius 1 is 0.952 bits per heavy atom. The van der Waals surface area contributed by atoms with Gasteiger partial charge in [0.25, 0.3) is 5.91 Å². The third-order valence-electron chi connectivity index (χ3n) is 6.25. The first-order valence-electron chi connectivity index (χ1n) is 13.3. The number of alkyl halides is 3. The lowest BCUT2D eigenvalue weighted by Gasteiger charge is -2.27. The number of thiazole rings is 1. The van der Waals surface area contributed by atoms with Crippen LogP contribution in [0.2, 0.25) is 0 Å². The van der Waals surface area contributed by atoms with Gasteiger partial charge in [-0.15, -0.1) is 11.3 Å². The van der Waals surface area contributed by atoms with Crippen LogP contribution in [0.1, 0.15) is 53.0 Å². The Kier molecular flexibility index (Phi) is 9.06. The van der Waals surface area contributed by atoms with E-state index in [1.807, 2.05) is 19.2 Å². The van der Waals surface area contributed by atoms with Gasteiger partial charge in [0.2, 0.25) is 0 Å². The predicted molar refractivity (Wildman–Crippen MR) is 160 cm³/mol. The number of anilines is 2. The van der Waals surface area contributed by atoms with Crippen LogP contribution in [0.15, 0.2) is 72.1 Å². The van der Waals surface area contributed by atoms with Crippen molar-refractivity contribution in [1.82, 2.24) is 4.98 Å². The van der Waals surface area contributed by atoms with Crippen LogP contribution in [0, 0.1) is 13.8 Å². The van der Waals surface area contributed by atoms with Gasteiger partial charge < -0.3 is 10.1 Å². The lowest BCUT2D eigenvalue weighted by Crippen LogP contribution is -2.38. The average Bonchev–Trinajstić information content (AvgIpc) is 3.33. The molecule has 0 aliphatic rings. The number of carbonyl (C=O) groups excluding carboxylic acids is 2. The van der Waals surface area contributed by atoms with Gasteiger partial charge in [-0.3, -0.25) is 9.69 Å². The number of amides is 2. The van der Waals surface area contributed by atoms with Crippen molar-refractivity contribution in [3.05, 3.63) is 99.5 Å². The Labute approximate surface area is 247 Å². The Morgan fingerprint density at radius 2 is 1.62 bits per heavy atom. The third kappa shape index (κ3) is 7.97. The number of hydrogen-bond acceptors (Lipinski definition) is 5. The first-order valence-corrected chi connectivity index (χ1v) is 14.2. The van der Waals surface area contributed by atoms with Crippen molar-refractivity contribution >= 4 is 34.7 Å². The van der Waals surface area contributed by atoms with E-state index in [2.05, 4.69) is 10.3 Å². The highest BCUT2D eigenvalue weighted by Crippen LogP contribution is 2.32. The number of ether oxygens (including phenoxy) is 1. The lowest BCUT2D eigenvalue weighted by atomic mass is 9.96. The van der Waals surface area contributed by atoms with Crippen molar-refractivity contribution in [2.45, 2.75) is 52.8 Å². The second-order valence-electron chi connectivity index (χ2n) is 10.9. The van der Waals surface area contributed by atoms with E-state index in [1.54, 1.807) is 74.6 Å². The normalized spacial score (nSPS) is 11.7. The van der Waals surface area contributed by atoms with Gasteiger partial charge in [0.05, 0.1) is 16.3 Å². The minimum Gasteiger partial charge on any atom is -0.443 e. The molecule has 4 aromatic rings. The maximum absolute atomic E-state index is 13.3. The maximum Gasteiger partial charge on any atom is 0.416 e. The molecule has 0 unspecified atom stereocenters. The smallest absolute Gasteiger partial charge is 0.416 e. The number of benzene rings is 3. The van der Waals surface area contributed by atoms with Gasteiger partial charge in [0.1, 0.15) is 5.60 Å². The molecule has 0 fully saturated rings. The summed E-state index contributed by atoms with van der Waals surface area (Å²) in [5, 5.41) is 5.77. The van der Waals surface area contributed by atoms with Crippen molar-refractivity contribution in [3.8, 4) is 11.1 Å². The highest BCUT2D eigenvalue weighted by Gasteiger charge is 2.30. The lowest BCUT2D eigenvalue weighted by molar-refractivity contribution is -0.137. The summed E-state index contributed by atoms with van der Waals surface area (Å²) in [5.41, 5.74) is 2.72. The van der Waals surface area contributed by atoms with E-state index in [4.69, 9.17) is 4.74 Å². The third-order valence-corrected chi connectivity index (χ3v) is 7.07. The number of nitrogens with zero attached hydrogens (tertiary/aromatic N) is 2. The number of halogens is 3. The molecule has 0 spiro atoms. The fraction of sp³-hybridized carbons (Fsp3) is 0.281. The molecule has 0 aliphatic heterocycles. The molecule has 2 amide bonds. The van der Waals surface area contributed by atoms with E-state index < -0.39 is 29.3 Å². The largest absolute Gasteiger partial charge is 0.443 e. The molecule has 42 heavy (non-hydrogen) atoms. The summed E-state index contributed by atoms with van der Waals surface area (Å²) >= 11 is 1.55. The maximum atomic E-state index is 13.3. The van der Waals surface area contributed by atoms with Gasteiger partial charge in [-0.2, -0.15) is 13.2 Å². The van der Waals surface area contributed by atoms with E-state index in [1.165, 1.54) is 17.0 Å². The molecule has 3 aromatic carbocycles. The summed E-state index contributed by atoms with van der Waals surface area (Å²) in [5.74, 6) is -0.416. The van der Waals surface area contributed by atoms with Crippen molar-refractivity contribution in [2.24, 2.45) is 0 Å². The van der Waals surface area contributed by atoms with E-state index >= 15 is 0 Å². The second-order valence-corrected chi connectivity index (χ2v) is 11.9. The number of aryl methyl sites for hydroxylation is 2. The van der Waals surface area contributed by atoms with Gasteiger partial charge >= 0.3 is 12.3 Å². The number of rotatable bonds is 7. The van der Waals surface area contributed by atoms with Crippen LogP contribution in [-0.4, -0.2) is 29.1 Å². The number of nitrogens with one attached hydrogen (secondary N) is 1. The summed E-state index contributed by atoms with van der Waals surface area (Å²) in [6, 6.07) is 16.7. The van der Waals surface area contributed by atoms with Gasteiger partial charge in [0.15, 0.2) is 0 Å². The Morgan fingerprint density at radius 3 is 2.19 bits per heavy atom. The van der Waals surface area contributed by atoms with Crippen molar-refractivity contribution in [2.75, 3.05) is 16.8 Å². The summed E-state index contributed by atoms with van der Waals surface area (Å²) in [6.45, 7) is 9.53. The summed E-state index contributed by atoms with van der Waals surface area (Å²) in [4.78, 5) is 32.4. The number of aromatic nitrogens is 1. The first kappa shape index (κ1) is 30.8. The molecule has 1 N–H and O–H groups in total. The van der Waals surface area contributed by atoms with Crippen LogP contribution in [-0.2, 0) is 17.3 Å². The van der Waals surface area contributed by atoms with Crippen LogP contribution in [0.25, 0.3) is 11.1 Å². The Hall–Kier alpha value is -4.18. The molecule has 0 bridgehead atoms. The van der Waals surface area contributed by atoms with E-state index in [0.29, 0.717) is 41.0 Å². The highest BCUT2D eigenvalue weighted by molar-refractivity contribution is 7.09. The zero-order valence-corrected chi connectivity index (χ0v) is 24.8. The van der Waals surface area contributed by atoms with Gasteiger partial charge in [-0.05, 0) is 88.2 Å². The molecule has 1 aromatic heterocycles. The SMILES string of the molecule is Cc1ccc(C(=O)Nc2ccc(N(CCc3csc(C)n3)C(=O)OC(C)(C)C)cc2)c(-c2ccc(C(F)(F)F)cc2)c1. The van der Waals surface area contributed by atoms with E-state index in [0.717, 1.165) is 28.4 Å². The molecule has 220 valence electrons. The molecular formula is C32H32F3N3O3S. The standard InChI is InChI=1S/C32H32F3N3O3S/c1-20-6-15-27(28(18-20)22-7-9-23(10-8-22)32(33,34)35)29(39)37-24-11-13-26(14-12-24)38(30(40)41-31(3,4)5)17-16-25-19-42-21(2)36-25/h6-15,18-19H,16-17H2,1-5H3,(H,37,39). The topological polar surface area (TPSA) is 71.5 Å². The van der Waals surface area contributed by atoms with E-state index in [-0.39, 0.29) is 0 Å². The molecular weight excluding hydrogens is 563 g/mol. The van der Waals surface area contributed by atoms with Crippen LogP contribution in [0.4, 0.5) is 29.3 Å². The predicted octanol–water partition coefficient (Wildman–Crippen LogP) is 8.68. The minimum atomic E-state index is -4.45. The Balaban J connectivity index is 1.54. The van der Waals surface area contributed by atoms with Gasteiger partial charge in [0, 0.05) is 35.3 Å². The van der Waals surface area contributed by atoms with Crippen molar-refractivity contribution in [1.29, 1.82) is 0 Å². The van der Waals surface area contributed by atoms with Crippen molar-refractivity contribution in [3.63, 3.8) is 0 Å². The highest BCUT2D eigenvalue weighted by atomic mass is 32.1. The zero-order valence-electron chi connectivity index (χ0n) is 24.0. The molecule has 6 nitrogen and oxygen atoms in total. The molecule has 0 saturated heterocycles. The minimum absolute atomic E-state index is 0.318. The summed E-state index contributed by atoms with van der Waals surface area (Å²) < 4.78 is 44.8. The number of carbonyl (C=O) groups is 2. The molecule has 0 atom stereocenters. The van der Waals surface area contributed by atoms with Crippen LogP contribution < -0.4 is 10.2 Å². The zero-order chi connectivity index (χ0) is 30.7. The van der Waals surface area contributed by atoms with E-state index in [9.17, 15) is 22.8 Å². The molecule has 0 aliphatic carbocycles. The monoisotopic (exact) mass is 595 g/mol. The van der Waals surface area contributed by atoms with Crippen LogP contribution in [0.5, 0.6) is 0 Å². The summed E-state index contributed by atoms with van der Waals surface area (Å²) in [6.07, 6.45) is -4.40. The van der Waals surface area contributed by atoms with Gasteiger partial charge in [-0.25, -0.2) is 9.78 Å². The fourth-order valence-electron chi connectivity index (χ4n) is 4.25. The molecule has 0 radical (unpaired) electrons. The molecule has 0 saturated carbocycles. The first-order chi connectivity index (χ1) is 19.7. The molecule has 1 heterocycles. The molecule has 4 rings (SSSR count). The molecule has 10 heteroatoms. The van der Waals surface area contributed by atoms with Crippen LogP contribution in [0.3, 0.4) is 0 Å². The van der Waals surface area contributed by atoms with Crippen molar-refractivity contribution < 1.29 is 27.5 Å². The van der Waals surface area contributed by atoms with Gasteiger partial charge in [-0.1, -0.05) is 29.8 Å².